The monoisotopic (exact) mass is 347 g/mol. The first-order valence-electron chi connectivity index (χ1n) is 7.95. The zero-order chi connectivity index (χ0) is 16.8. The van der Waals surface area contributed by atoms with E-state index in [1.54, 1.807) is 13.3 Å². The largest absolute Gasteiger partial charge is 0.497 e. The van der Waals surface area contributed by atoms with E-state index < -0.39 is 0 Å². The Morgan fingerprint density at radius 3 is 3.00 bits per heavy atom. The number of ether oxygens (including phenoxy) is 2. The van der Waals surface area contributed by atoms with Gasteiger partial charge in [0.1, 0.15) is 5.75 Å². The van der Waals surface area contributed by atoms with Crippen LogP contribution in [0.5, 0.6) is 5.75 Å². The lowest BCUT2D eigenvalue weighted by atomic mass is 10.2. The summed E-state index contributed by atoms with van der Waals surface area (Å²) in [5.41, 5.74) is 0.982. The Balaban J connectivity index is 1.53. The molecule has 1 saturated heterocycles. The summed E-state index contributed by atoms with van der Waals surface area (Å²) in [6.07, 6.45) is 5.88. The van der Waals surface area contributed by atoms with E-state index in [9.17, 15) is 4.79 Å². The van der Waals surface area contributed by atoms with Crippen LogP contribution in [0.15, 0.2) is 41.8 Å². The second-order valence-corrected chi connectivity index (χ2v) is 6.45. The SMILES string of the molecule is COc1ccc(-n2ccnc2SCC(=O)NCC2CCCO2)cc1. The maximum absolute atomic E-state index is 12.0. The van der Waals surface area contributed by atoms with Crippen molar-refractivity contribution in [2.75, 3.05) is 26.0 Å². The highest BCUT2D eigenvalue weighted by molar-refractivity contribution is 7.99. The van der Waals surface area contributed by atoms with Gasteiger partial charge < -0.3 is 14.8 Å². The van der Waals surface area contributed by atoms with Crippen LogP contribution in [0.2, 0.25) is 0 Å². The molecule has 1 N–H and O–H groups in total. The van der Waals surface area contributed by atoms with Crippen molar-refractivity contribution in [1.29, 1.82) is 0 Å². The Morgan fingerprint density at radius 2 is 2.29 bits per heavy atom. The molecular formula is C17H21N3O3S. The number of carbonyl (C=O) groups is 1. The molecule has 0 radical (unpaired) electrons. The van der Waals surface area contributed by atoms with E-state index in [1.807, 2.05) is 35.0 Å². The van der Waals surface area contributed by atoms with Crippen LogP contribution in [-0.2, 0) is 9.53 Å². The van der Waals surface area contributed by atoms with E-state index >= 15 is 0 Å². The lowest BCUT2D eigenvalue weighted by Gasteiger charge is -2.11. The zero-order valence-corrected chi connectivity index (χ0v) is 14.4. The van der Waals surface area contributed by atoms with Gasteiger partial charge >= 0.3 is 0 Å². The molecule has 1 unspecified atom stereocenters. The highest BCUT2D eigenvalue weighted by atomic mass is 32.2. The first kappa shape index (κ1) is 16.9. The highest BCUT2D eigenvalue weighted by Gasteiger charge is 2.16. The molecule has 1 aromatic carbocycles. The molecule has 2 aromatic rings. The van der Waals surface area contributed by atoms with Crippen molar-refractivity contribution in [1.82, 2.24) is 14.9 Å². The Kier molecular flexibility index (Phi) is 5.77. The summed E-state index contributed by atoms with van der Waals surface area (Å²) in [7, 11) is 1.64. The number of aromatic nitrogens is 2. The molecule has 1 aromatic heterocycles. The normalized spacial score (nSPS) is 17.0. The van der Waals surface area contributed by atoms with Gasteiger partial charge in [0.05, 0.1) is 19.0 Å². The van der Waals surface area contributed by atoms with Crippen molar-refractivity contribution in [2.45, 2.75) is 24.1 Å². The van der Waals surface area contributed by atoms with Gasteiger partial charge in [-0.25, -0.2) is 4.98 Å². The fourth-order valence-corrected chi connectivity index (χ4v) is 3.35. The van der Waals surface area contributed by atoms with Crippen LogP contribution in [-0.4, -0.2) is 47.6 Å². The van der Waals surface area contributed by atoms with Crippen molar-refractivity contribution in [3.05, 3.63) is 36.7 Å². The molecule has 24 heavy (non-hydrogen) atoms. The van der Waals surface area contributed by atoms with Gasteiger partial charge in [-0.1, -0.05) is 11.8 Å². The van der Waals surface area contributed by atoms with E-state index in [4.69, 9.17) is 9.47 Å². The molecule has 0 aliphatic carbocycles. The lowest BCUT2D eigenvalue weighted by molar-refractivity contribution is -0.119. The number of benzene rings is 1. The van der Waals surface area contributed by atoms with Crippen LogP contribution in [0.3, 0.4) is 0 Å². The highest BCUT2D eigenvalue weighted by Crippen LogP contribution is 2.22. The standard InChI is InChI=1S/C17H21N3O3S/c1-22-14-6-4-13(5-7-14)20-9-8-18-17(20)24-12-16(21)19-11-15-3-2-10-23-15/h4-9,15H,2-3,10-12H2,1H3,(H,19,21). The van der Waals surface area contributed by atoms with Gasteiger partial charge in [-0.05, 0) is 37.1 Å². The minimum absolute atomic E-state index is 0.000203. The second kappa shape index (κ2) is 8.21. The third-order valence-electron chi connectivity index (χ3n) is 3.84. The van der Waals surface area contributed by atoms with E-state index in [1.165, 1.54) is 11.8 Å². The molecule has 128 valence electrons. The average Bonchev–Trinajstić information content (AvgIpc) is 3.29. The van der Waals surface area contributed by atoms with Crippen molar-refractivity contribution in [3.63, 3.8) is 0 Å². The number of nitrogens with zero attached hydrogens (tertiary/aromatic N) is 2. The summed E-state index contributed by atoms with van der Waals surface area (Å²) in [5.74, 6) is 1.14. The number of rotatable bonds is 7. The van der Waals surface area contributed by atoms with Crippen molar-refractivity contribution < 1.29 is 14.3 Å². The molecule has 1 aliphatic heterocycles. The molecule has 0 spiro atoms. The number of hydrogen-bond acceptors (Lipinski definition) is 5. The van der Waals surface area contributed by atoms with E-state index in [0.29, 0.717) is 12.3 Å². The van der Waals surface area contributed by atoms with Gasteiger partial charge in [-0.15, -0.1) is 0 Å². The number of thioether (sulfide) groups is 1. The van der Waals surface area contributed by atoms with Gasteiger partial charge in [0.2, 0.25) is 5.91 Å². The van der Waals surface area contributed by atoms with Gasteiger partial charge in [0.15, 0.2) is 5.16 Å². The molecule has 0 bridgehead atoms. The quantitative estimate of drug-likeness (QED) is 0.779. The Bertz CT molecular complexity index is 666. The third-order valence-corrected chi connectivity index (χ3v) is 4.81. The van der Waals surface area contributed by atoms with E-state index in [2.05, 4.69) is 10.3 Å². The fraction of sp³-hybridized carbons (Fsp3) is 0.412. The summed E-state index contributed by atoms with van der Waals surface area (Å²) in [4.78, 5) is 16.3. The lowest BCUT2D eigenvalue weighted by Crippen LogP contribution is -2.32. The minimum Gasteiger partial charge on any atom is -0.497 e. The smallest absolute Gasteiger partial charge is 0.230 e. The van der Waals surface area contributed by atoms with E-state index in [0.717, 1.165) is 36.0 Å². The third kappa shape index (κ3) is 4.30. The maximum atomic E-state index is 12.0. The molecule has 1 atom stereocenters. The predicted molar refractivity (Wildman–Crippen MR) is 92.8 cm³/mol. The van der Waals surface area contributed by atoms with Crippen molar-refractivity contribution in [3.8, 4) is 11.4 Å². The maximum Gasteiger partial charge on any atom is 0.230 e. The summed E-state index contributed by atoms with van der Waals surface area (Å²) < 4.78 is 12.6. The first-order chi connectivity index (χ1) is 11.8. The topological polar surface area (TPSA) is 65.4 Å². The number of amides is 1. The van der Waals surface area contributed by atoms with Gasteiger partial charge in [0.25, 0.3) is 0 Å². The second-order valence-electron chi connectivity index (χ2n) is 5.51. The summed E-state index contributed by atoms with van der Waals surface area (Å²) in [6.45, 7) is 1.39. The molecular weight excluding hydrogens is 326 g/mol. The summed E-state index contributed by atoms with van der Waals surface area (Å²) in [5, 5.41) is 3.71. The Labute approximate surface area is 145 Å². The number of imidazole rings is 1. The van der Waals surface area contributed by atoms with Crippen molar-refractivity contribution >= 4 is 17.7 Å². The minimum atomic E-state index is -0.000203. The van der Waals surface area contributed by atoms with Crippen LogP contribution < -0.4 is 10.1 Å². The fourth-order valence-electron chi connectivity index (χ4n) is 2.55. The Morgan fingerprint density at radius 1 is 1.46 bits per heavy atom. The van der Waals surface area contributed by atoms with Crippen LogP contribution in [0.25, 0.3) is 5.69 Å². The molecule has 0 saturated carbocycles. The van der Waals surface area contributed by atoms with Gasteiger partial charge in [-0.3, -0.25) is 9.36 Å². The van der Waals surface area contributed by atoms with Crippen LogP contribution >= 0.6 is 11.8 Å². The van der Waals surface area contributed by atoms with Crippen LogP contribution in [0.1, 0.15) is 12.8 Å². The number of carbonyl (C=O) groups excluding carboxylic acids is 1. The number of methoxy groups -OCH3 is 1. The summed E-state index contributed by atoms with van der Waals surface area (Å²) >= 11 is 1.42. The zero-order valence-electron chi connectivity index (χ0n) is 13.6. The average molecular weight is 347 g/mol. The van der Waals surface area contributed by atoms with E-state index in [-0.39, 0.29) is 12.0 Å². The molecule has 1 amide bonds. The van der Waals surface area contributed by atoms with Gasteiger partial charge in [0, 0.05) is 31.2 Å². The van der Waals surface area contributed by atoms with Gasteiger partial charge in [-0.2, -0.15) is 0 Å². The van der Waals surface area contributed by atoms with Crippen LogP contribution in [0, 0.1) is 0 Å². The van der Waals surface area contributed by atoms with Crippen LogP contribution in [0.4, 0.5) is 0 Å². The van der Waals surface area contributed by atoms with Crippen molar-refractivity contribution in [2.24, 2.45) is 0 Å². The molecule has 7 heteroatoms. The first-order valence-corrected chi connectivity index (χ1v) is 8.93. The Hall–Kier alpha value is -1.99. The molecule has 2 heterocycles. The number of hydrogen-bond donors (Lipinski definition) is 1. The number of nitrogens with one attached hydrogen (secondary N) is 1. The molecule has 3 rings (SSSR count). The molecule has 6 nitrogen and oxygen atoms in total. The predicted octanol–water partition coefficient (Wildman–Crippen LogP) is 2.27. The molecule has 1 fully saturated rings. The molecule has 1 aliphatic rings. The summed E-state index contributed by atoms with van der Waals surface area (Å²) in [6, 6.07) is 7.72.